The summed E-state index contributed by atoms with van der Waals surface area (Å²) >= 11 is 0. The zero-order valence-corrected chi connectivity index (χ0v) is 13.9. The van der Waals surface area contributed by atoms with Crippen LogP contribution in [0.2, 0.25) is 0 Å². The third-order valence-corrected chi connectivity index (χ3v) is 4.20. The zero-order valence-electron chi connectivity index (χ0n) is 13.9. The second kappa shape index (κ2) is 6.54. The summed E-state index contributed by atoms with van der Waals surface area (Å²) in [6, 6.07) is 10.8. The lowest BCUT2D eigenvalue weighted by atomic mass is 10.0. The van der Waals surface area contributed by atoms with Crippen LogP contribution in [0.5, 0.6) is 0 Å². The van der Waals surface area contributed by atoms with Crippen LogP contribution in [0, 0.1) is 0 Å². The van der Waals surface area contributed by atoms with E-state index >= 15 is 0 Å². The fourth-order valence-electron chi connectivity index (χ4n) is 2.91. The van der Waals surface area contributed by atoms with E-state index in [9.17, 15) is 4.79 Å². The minimum Gasteiger partial charge on any atom is -0.437 e. The summed E-state index contributed by atoms with van der Waals surface area (Å²) in [6.07, 6.45) is 0.786. The van der Waals surface area contributed by atoms with E-state index in [1.807, 2.05) is 19.9 Å². The number of nitrogens with one attached hydrogen (secondary N) is 1. The summed E-state index contributed by atoms with van der Waals surface area (Å²) < 4.78 is 5.65. The Morgan fingerprint density at radius 3 is 2.70 bits per heavy atom. The fraction of sp³-hybridized carbons (Fsp3) is 0.444. The van der Waals surface area contributed by atoms with E-state index < -0.39 is 0 Å². The van der Waals surface area contributed by atoms with Gasteiger partial charge in [0, 0.05) is 31.6 Å². The maximum atomic E-state index is 12.0. The number of oxazole rings is 1. The summed E-state index contributed by atoms with van der Waals surface area (Å²) in [4.78, 5) is 18.8. The van der Waals surface area contributed by atoms with Gasteiger partial charge in [0.25, 0.3) is 5.89 Å². The van der Waals surface area contributed by atoms with Crippen LogP contribution in [0.3, 0.4) is 0 Å². The average Bonchev–Trinajstić information content (AvgIpc) is 2.97. The Kier molecular flexibility index (Phi) is 4.48. The number of amides is 1. The van der Waals surface area contributed by atoms with Crippen molar-refractivity contribution in [3.63, 3.8) is 0 Å². The highest BCUT2D eigenvalue weighted by molar-refractivity contribution is 5.89. The molecule has 0 aliphatic carbocycles. The third kappa shape index (κ3) is 3.45. The Morgan fingerprint density at radius 1 is 1.26 bits per heavy atom. The normalized spacial score (nSPS) is 16.2. The lowest BCUT2D eigenvalue weighted by Gasteiger charge is -2.31. The zero-order chi connectivity index (χ0) is 16.4. The Labute approximate surface area is 136 Å². The molecule has 0 radical (unpaired) electrons. The largest absolute Gasteiger partial charge is 0.437 e. The van der Waals surface area contributed by atoms with Crippen LogP contribution >= 0.6 is 0 Å². The molecule has 0 saturated carbocycles. The summed E-state index contributed by atoms with van der Waals surface area (Å²) in [6.45, 7) is 7.66. The summed E-state index contributed by atoms with van der Waals surface area (Å²) in [5.74, 6) is 0.783. The summed E-state index contributed by atoms with van der Waals surface area (Å²) in [5.41, 5.74) is 2.17. The summed E-state index contributed by atoms with van der Waals surface area (Å²) in [5, 5.41) is 2.82. The van der Waals surface area contributed by atoms with Gasteiger partial charge in [-0.05, 0) is 26.3 Å². The molecule has 5 heteroatoms. The molecule has 0 saturated heterocycles. The predicted molar refractivity (Wildman–Crippen MR) is 88.1 cm³/mol. The van der Waals surface area contributed by atoms with Crippen LogP contribution in [-0.2, 0) is 13.0 Å². The van der Waals surface area contributed by atoms with Crippen molar-refractivity contribution in [3.05, 3.63) is 53.2 Å². The van der Waals surface area contributed by atoms with Crippen molar-refractivity contribution in [2.24, 2.45) is 0 Å². The number of benzene rings is 1. The number of nitrogens with zero attached hydrogens (tertiary/aromatic N) is 2. The van der Waals surface area contributed by atoms with Crippen molar-refractivity contribution in [1.82, 2.24) is 15.2 Å². The molecular formula is C18H23N3O2. The lowest BCUT2D eigenvalue weighted by molar-refractivity contribution is 0.0906. The molecule has 1 aromatic heterocycles. The molecule has 1 N–H and O–H groups in total. The quantitative estimate of drug-likeness (QED) is 0.943. The average molecular weight is 313 g/mol. The van der Waals surface area contributed by atoms with Crippen LogP contribution in [0.15, 0.2) is 34.7 Å². The number of rotatable bonds is 4. The van der Waals surface area contributed by atoms with Crippen LogP contribution < -0.4 is 5.32 Å². The van der Waals surface area contributed by atoms with Gasteiger partial charge in [-0.2, -0.15) is 0 Å². The molecule has 2 heterocycles. The molecule has 5 nitrogen and oxygen atoms in total. The molecule has 0 unspecified atom stereocenters. The SMILES string of the molecule is CC(C)NC(=O)c1nc2c(o1)CCN([C@@H](C)c1ccccc1)C2. The van der Waals surface area contributed by atoms with E-state index in [1.165, 1.54) is 5.56 Å². The van der Waals surface area contributed by atoms with Crippen LogP contribution in [-0.4, -0.2) is 28.4 Å². The molecule has 1 aliphatic rings. The minimum atomic E-state index is -0.239. The van der Waals surface area contributed by atoms with Crippen molar-refractivity contribution in [1.29, 1.82) is 0 Å². The molecule has 1 atom stereocenters. The first kappa shape index (κ1) is 15.7. The van der Waals surface area contributed by atoms with E-state index in [2.05, 4.69) is 46.4 Å². The van der Waals surface area contributed by atoms with E-state index in [1.54, 1.807) is 0 Å². The molecule has 122 valence electrons. The van der Waals surface area contributed by atoms with Crippen molar-refractivity contribution < 1.29 is 9.21 Å². The first-order valence-corrected chi connectivity index (χ1v) is 8.13. The Bertz CT molecular complexity index is 679. The van der Waals surface area contributed by atoms with Crippen molar-refractivity contribution >= 4 is 5.91 Å². The van der Waals surface area contributed by atoms with E-state index in [4.69, 9.17) is 4.42 Å². The van der Waals surface area contributed by atoms with Gasteiger partial charge in [0.1, 0.15) is 5.76 Å². The first-order chi connectivity index (χ1) is 11.0. The Balaban J connectivity index is 1.73. The minimum absolute atomic E-state index is 0.0704. The molecule has 1 amide bonds. The molecule has 2 aromatic rings. The molecule has 23 heavy (non-hydrogen) atoms. The number of hydrogen-bond donors (Lipinski definition) is 1. The van der Waals surface area contributed by atoms with Crippen molar-refractivity contribution in [2.75, 3.05) is 6.54 Å². The standard InChI is InChI=1S/C18H23N3O2/c1-12(2)19-17(22)18-20-15-11-21(10-9-16(15)23-18)13(3)14-7-5-4-6-8-14/h4-8,12-13H,9-11H2,1-3H3,(H,19,22)/t13-/m0/s1. The Hall–Kier alpha value is -2.14. The molecule has 3 rings (SSSR count). The van der Waals surface area contributed by atoms with Gasteiger partial charge >= 0.3 is 5.91 Å². The van der Waals surface area contributed by atoms with Crippen LogP contribution in [0.1, 0.15) is 54.5 Å². The van der Waals surface area contributed by atoms with Gasteiger partial charge in [-0.15, -0.1) is 0 Å². The molecule has 1 aliphatic heterocycles. The number of hydrogen-bond acceptors (Lipinski definition) is 4. The topological polar surface area (TPSA) is 58.4 Å². The third-order valence-electron chi connectivity index (χ3n) is 4.20. The van der Waals surface area contributed by atoms with Crippen LogP contribution in [0.4, 0.5) is 0 Å². The first-order valence-electron chi connectivity index (χ1n) is 8.13. The van der Waals surface area contributed by atoms with Gasteiger partial charge in [-0.25, -0.2) is 4.98 Å². The number of carbonyl (C=O) groups excluding carboxylic acids is 1. The second-order valence-corrected chi connectivity index (χ2v) is 6.32. The number of carbonyl (C=O) groups is 1. The molecule has 0 spiro atoms. The van der Waals surface area contributed by atoms with Gasteiger partial charge < -0.3 is 9.73 Å². The highest BCUT2D eigenvalue weighted by Gasteiger charge is 2.27. The highest BCUT2D eigenvalue weighted by Crippen LogP contribution is 2.27. The second-order valence-electron chi connectivity index (χ2n) is 6.32. The summed E-state index contributed by atoms with van der Waals surface area (Å²) in [7, 11) is 0. The highest BCUT2D eigenvalue weighted by atomic mass is 16.4. The predicted octanol–water partition coefficient (Wildman–Crippen LogP) is 2.93. The van der Waals surface area contributed by atoms with Gasteiger partial charge in [0.05, 0.1) is 5.69 Å². The maximum absolute atomic E-state index is 12.0. The molecule has 1 aromatic carbocycles. The van der Waals surface area contributed by atoms with Gasteiger partial charge in [0.15, 0.2) is 0 Å². The van der Waals surface area contributed by atoms with Gasteiger partial charge in [0.2, 0.25) is 0 Å². The van der Waals surface area contributed by atoms with Gasteiger partial charge in [-0.1, -0.05) is 30.3 Å². The van der Waals surface area contributed by atoms with E-state index in [-0.39, 0.29) is 17.8 Å². The monoisotopic (exact) mass is 313 g/mol. The fourth-order valence-corrected chi connectivity index (χ4v) is 2.91. The van der Waals surface area contributed by atoms with Crippen LogP contribution in [0.25, 0.3) is 0 Å². The van der Waals surface area contributed by atoms with Gasteiger partial charge in [-0.3, -0.25) is 9.69 Å². The molecule has 0 bridgehead atoms. The Morgan fingerprint density at radius 2 is 2.00 bits per heavy atom. The van der Waals surface area contributed by atoms with Crippen molar-refractivity contribution in [3.8, 4) is 0 Å². The smallest absolute Gasteiger partial charge is 0.307 e. The lowest BCUT2D eigenvalue weighted by Crippen LogP contribution is -2.32. The van der Waals surface area contributed by atoms with E-state index in [0.29, 0.717) is 12.6 Å². The van der Waals surface area contributed by atoms with E-state index in [0.717, 1.165) is 24.4 Å². The molecular weight excluding hydrogens is 290 g/mol. The number of aromatic nitrogens is 1. The maximum Gasteiger partial charge on any atom is 0.307 e. The number of fused-ring (bicyclic) bond motifs is 1. The molecule has 0 fully saturated rings. The van der Waals surface area contributed by atoms with Crippen molar-refractivity contribution in [2.45, 2.75) is 45.8 Å².